The fourth-order valence-corrected chi connectivity index (χ4v) is 3.73. The second-order valence-corrected chi connectivity index (χ2v) is 6.35. The van der Waals surface area contributed by atoms with Crippen LogP contribution in [0.1, 0.15) is 30.7 Å². The van der Waals surface area contributed by atoms with Crippen molar-refractivity contribution in [1.29, 1.82) is 0 Å². The van der Waals surface area contributed by atoms with Gasteiger partial charge in [0.05, 0.1) is 11.1 Å². The van der Waals surface area contributed by atoms with E-state index >= 15 is 0 Å². The summed E-state index contributed by atoms with van der Waals surface area (Å²) in [5, 5.41) is 16.2. The fraction of sp³-hybridized carbons (Fsp3) is 0.667. The van der Waals surface area contributed by atoms with Crippen molar-refractivity contribution >= 4 is 12.0 Å². The third kappa shape index (κ3) is 2.55. The number of rotatable bonds is 4. The molecule has 0 spiro atoms. The molecule has 1 aromatic rings. The maximum absolute atomic E-state index is 12.2. The van der Waals surface area contributed by atoms with Crippen LogP contribution in [0.2, 0.25) is 0 Å². The Balaban J connectivity index is 1.52. The van der Waals surface area contributed by atoms with E-state index in [9.17, 15) is 14.7 Å². The summed E-state index contributed by atoms with van der Waals surface area (Å²) in [5.41, 5.74) is 0.0939. The molecule has 2 fully saturated rings. The second-order valence-electron chi connectivity index (χ2n) is 6.35. The van der Waals surface area contributed by atoms with Crippen LogP contribution < -0.4 is 5.32 Å². The largest absolute Gasteiger partial charge is 0.481 e. The van der Waals surface area contributed by atoms with Gasteiger partial charge in [-0.1, -0.05) is 11.6 Å². The molecule has 120 valence electrons. The van der Waals surface area contributed by atoms with E-state index in [0.29, 0.717) is 32.5 Å². The molecule has 0 unspecified atom stereocenters. The van der Waals surface area contributed by atoms with Gasteiger partial charge < -0.3 is 19.8 Å². The number of hydrogen-bond acceptors (Lipinski definition) is 4. The highest BCUT2D eigenvalue weighted by Crippen LogP contribution is 2.48. The average Bonchev–Trinajstić information content (AvgIpc) is 3.12. The molecule has 1 aliphatic carbocycles. The monoisotopic (exact) mass is 307 g/mol. The Labute approximate surface area is 128 Å². The first-order chi connectivity index (χ1) is 10.5. The standard InChI is InChI=1S/C15H21N3O4/c1-10-7-12(22-17-10)4-6-16-14(21)18-8-11-3-2-5-15(11,9-18)13(19)20/h7,11H,2-6,8-9H2,1H3,(H,16,21)(H,19,20)/t11-,15+/m0/s1. The molecule has 2 heterocycles. The number of carboxylic acid groups (broad SMARTS) is 1. The first-order valence-electron chi connectivity index (χ1n) is 7.69. The van der Waals surface area contributed by atoms with Gasteiger partial charge in [0, 0.05) is 32.1 Å². The van der Waals surface area contributed by atoms with E-state index in [4.69, 9.17) is 4.52 Å². The minimum Gasteiger partial charge on any atom is -0.481 e. The number of aliphatic carboxylic acids is 1. The van der Waals surface area contributed by atoms with Crippen molar-refractivity contribution in [2.45, 2.75) is 32.6 Å². The summed E-state index contributed by atoms with van der Waals surface area (Å²) in [6.07, 6.45) is 3.09. The predicted octanol–water partition coefficient (Wildman–Crippen LogP) is 1.42. The summed E-state index contributed by atoms with van der Waals surface area (Å²) in [6.45, 7) is 3.16. The van der Waals surface area contributed by atoms with Gasteiger partial charge >= 0.3 is 12.0 Å². The normalized spacial score (nSPS) is 27.0. The van der Waals surface area contributed by atoms with Crippen molar-refractivity contribution in [2.24, 2.45) is 11.3 Å². The lowest BCUT2D eigenvalue weighted by Gasteiger charge is -2.23. The highest BCUT2D eigenvalue weighted by molar-refractivity contribution is 5.80. The number of aromatic nitrogens is 1. The predicted molar refractivity (Wildman–Crippen MR) is 77.3 cm³/mol. The first kappa shape index (κ1) is 14.9. The topological polar surface area (TPSA) is 95.7 Å². The summed E-state index contributed by atoms with van der Waals surface area (Å²) in [4.78, 5) is 25.5. The maximum Gasteiger partial charge on any atom is 0.317 e. The molecule has 1 aliphatic heterocycles. The quantitative estimate of drug-likeness (QED) is 0.877. The summed E-state index contributed by atoms with van der Waals surface area (Å²) in [5.74, 6) is 0.0632. The zero-order valence-electron chi connectivity index (χ0n) is 12.7. The maximum atomic E-state index is 12.2. The Bertz CT molecular complexity index is 585. The zero-order chi connectivity index (χ0) is 15.7. The van der Waals surface area contributed by atoms with Crippen LogP contribution in [0.15, 0.2) is 10.6 Å². The van der Waals surface area contributed by atoms with E-state index in [1.165, 1.54) is 0 Å². The zero-order valence-corrected chi connectivity index (χ0v) is 12.7. The third-order valence-corrected chi connectivity index (χ3v) is 4.91. The highest BCUT2D eigenvalue weighted by atomic mass is 16.5. The molecule has 2 amide bonds. The number of carbonyl (C=O) groups is 2. The first-order valence-corrected chi connectivity index (χ1v) is 7.69. The molecule has 7 heteroatoms. The van der Waals surface area contributed by atoms with Gasteiger partial charge in [0.25, 0.3) is 0 Å². The molecule has 0 aromatic carbocycles. The molecule has 0 radical (unpaired) electrons. The van der Waals surface area contributed by atoms with E-state index < -0.39 is 11.4 Å². The minimum atomic E-state index is -0.762. The number of nitrogens with one attached hydrogen (secondary N) is 1. The van der Waals surface area contributed by atoms with Gasteiger partial charge in [0.15, 0.2) is 0 Å². The molecule has 1 saturated carbocycles. The van der Waals surface area contributed by atoms with Gasteiger partial charge in [-0.05, 0) is 25.7 Å². The summed E-state index contributed by atoms with van der Waals surface area (Å²) >= 11 is 0. The number of carbonyl (C=O) groups excluding carboxylic acids is 1. The molecule has 2 aliphatic rings. The van der Waals surface area contributed by atoms with Crippen molar-refractivity contribution in [3.63, 3.8) is 0 Å². The smallest absolute Gasteiger partial charge is 0.317 e. The van der Waals surface area contributed by atoms with E-state index in [1.807, 2.05) is 13.0 Å². The van der Waals surface area contributed by atoms with Gasteiger partial charge in [-0.2, -0.15) is 0 Å². The van der Waals surface area contributed by atoms with Crippen LogP contribution in [0.25, 0.3) is 0 Å². The van der Waals surface area contributed by atoms with Crippen LogP contribution >= 0.6 is 0 Å². The number of hydrogen-bond donors (Lipinski definition) is 2. The van der Waals surface area contributed by atoms with Gasteiger partial charge in [-0.25, -0.2) is 4.79 Å². The number of fused-ring (bicyclic) bond motifs is 1. The fourth-order valence-electron chi connectivity index (χ4n) is 3.73. The Kier molecular flexibility index (Phi) is 3.80. The van der Waals surface area contributed by atoms with Crippen LogP contribution in [0, 0.1) is 18.3 Å². The lowest BCUT2D eigenvalue weighted by Crippen LogP contribution is -2.42. The van der Waals surface area contributed by atoms with Crippen molar-refractivity contribution in [1.82, 2.24) is 15.4 Å². The third-order valence-electron chi connectivity index (χ3n) is 4.91. The Morgan fingerprint density at radius 3 is 3.05 bits per heavy atom. The number of aryl methyl sites for hydroxylation is 1. The van der Waals surface area contributed by atoms with Gasteiger partial charge in [0.1, 0.15) is 5.76 Å². The molecule has 2 N–H and O–H groups in total. The summed E-state index contributed by atoms with van der Waals surface area (Å²) < 4.78 is 5.09. The molecule has 7 nitrogen and oxygen atoms in total. The molecular weight excluding hydrogens is 286 g/mol. The summed E-state index contributed by atoms with van der Waals surface area (Å²) in [6, 6.07) is 1.65. The average molecular weight is 307 g/mol. The Morgan fingerprint density at radius 2 is 2.41 bits per heavy atom. The molecule has 2 atom stereocenters. The van der Waals surface area contributed by atoms with Gasteiger partial charge in [0.2, 0.25) is 0 Å². The van der Waals surface area contributed by atoms with Crippen LogP contribution in [-0.4, -0.2) is 46.8 Å². The van der Waals surface area contributed by atoms with E-state index in [2.05, 4.69) is 10.5 Å². The van der Waals surface area contributed by atoms with E-state index in [1.54, 1.807) is 4.90 Å². The Morgan fingerprint density at radius 1 is 1.59 bits per heavy atom. The van der Waals surface area contributed by atoms with Crippen molar-refractivity contribution in [3.05, 3.63) is 17.5 Å². The van der Waals surface area contributed by atoms with Crippen molar-refractivity contribution in [2.75, 3.05) is 19.6 Å². The molecule has 0 bridgehead atoms. The summed E-state index contributed by atoms with van der Waals surface area (Å²) in [7, 11) is 0. The van der Waals surface area contributed by atoms with E-state index in [-0.39, 0.29) is 11.9 Å². The minimum absolute atomic E-state index is 0.0904. The van der Waals surface area contributed by atoms with Crippen LogP contribution in [0.4, 0.5) is 4.79 Å². The number of amides is 2. The van der Waals surface area contributed by atoms with Crippen LogP contribution in [0.3, 0.4) is 0 Å². The highest BCUT2D eigenvalue weighted by Gasteiger charge is 2.55. The molecule has 22 heavy (non-hydrogen) atoms. The SMILES string of the molecule is Cc1cc(CCNC(=O)N2C[C@@H]3CCC[C@@]3(C(=O)O)C2)on1. The lowest BCUT2D eigenvalue weighted by molar-refractivity contribution is -0.149. The molecule has 3 rings (SSSR count). The number of nitrogens with zero attached hydrogens (tertiary/aromatic N) is 2. The van der Waals surface area contributed by atoms with Crippen molar-refractivity contribution < 1.29 is 19.2 Å². The Hall–Kier alpha value is -2.05. The number of carboxylic acids is 1. The van der Waals surface area contributed by atoms with Crippen LogP contribution in [0.5, 0.6) is 0 Å². The number of likely N-dealkylation sites (tertiary alicyclic amines) is 1. The van der Waals surface area contributed by atoms with Gasteiger partial charge in [-0.3, -0.25) is 4.79 Å². The van der Waals surface area contributed by atoms with Gasteiger partial charge in [-0.15, -0.1) is 0 Å². The number of urea groups is 1. The van der Waals surface area contributed by atoms with Crippen molar-refractivity contribution in [3.8, 4) is 0 Å². The molecule has 1 saturated heterocycles. The second kappa shape index (κ2) is 5.62. The van der Waals surface area contributed by atoms with Crippen LogP contribution in [-0.2, 0) is 11.2 Å². The lowest BCUT2D eigenvalue weighted by atomic mass is 9.81. The molecule has 1 aromatic heterocycles. The molecular formula is C15H21N3O4. The van der Waals surface area contributed by atoms with E-state index in [0.717, 1.165) is 24.3 Å².